The molecule has 1 aliphatic heterocycles. The zero-order valence-electron chi connectivity index (χ0n) is 15.4. The molecule has 0 bridgehead atoms. The Balaban J connectivity index is 1.85. The number of para-hydroxylation sites is 2. The molecule has 134 valence electrons. The molecule has 0 aromatic heterocycles. The molecule has 1 aliphatic carbocycles. The van der Waals surface area contributed by atoms with Crippen LogP contribution < -0.4 is 15.4 Å². The number of anilines is 2. The highest BCUT2D eigenvalue weighted by Crippen LogP contribution is 2.45. The summed E-state index contributed by atoms with van der Waals surface area (Å²) in [6.07, 6.45) is 1.43. The fourth-order valence-corrected chi connectivity index (χ4v) is 3.94. The zero-order valence-corrected chi connectivity index (χ0v) is 15.4. The Labute approximate surface area is 154 Å². The third kappa shape index (κ3) is 2.96. The molecule has 0 saturated heterocycles. The Kier molecular flexibility index (Phi) is 3.98. The fraction of sp³-hybridized carbons (Fsp3) is 0.318. The Hall–Kier alpha value is -2.75. The number of allylic oxidation sites excluding steroid dienone is 1. The number of nitrogens with one attached hydrogen (secondary N) is 2. The lowest BCUT2D eigenvalue weighted by Crippen LogP contribution is -2.31. The largest absolute Gasteiger partial charge is 0.497 e. The van der Waals surface area contributed by atoms with Crippen LogP contribution in [0.5, 0.6) is 5.75 Å². The van der Waals surface area contributed by atoms with Gasteiger partial charge in [-0.2, -0.15) is 0 Å². The molecular formula is C22H24N2O2. The summed E-state index contributed by atoms with van der Waals surface area (Å²) in [5, 5.41) is 7.13. The Morgan fingerprint density at radius 1 is 1.00 bits per heavy atom. The number of hydrogen-bond donors (Lipinski definition) is 2. The van der Waals surface area contributed by atoms with Gasteiger partial charge in [0, 0.05) is 17.7 Å². The highest BCUT2D eigenvalue weighted by molar-refractivity contribution is 6.01. The lowest BCUT2D eigenvalue weighted by Gasteiger charge is -2.34. The van der Waals surface area contributed by atoms with Gasteiger partial charge in [0.25, 0.3) is 0 Å². The van der Waals surface area contributed by atoms with E-state index < -0.39 is 0 Å². The molecule has 0 saturated carbocycles. The number of hydrogen-bond acceptors (Lipinski definition) is 4. The van der Waals surface area contributed by atoms with Crippen molar-refractivity contribution in [2.24, 2.45) is 5.41 Å². The maximum absolute atomic E-state index is 13.1. The van der Waals surface area contributed by atoms with Crippen LogP contribution in [0.15, 0.2) is 59.8 Å². The van der Waals surface area contributed by atoms with Crippen molar-refractivity contribution in [1.29, 1.82) is 0 Å². The molecule has 2 aromatic rings. The number of methoxy groups -OCH3 is 1. The minimum absolute atomic E-state index is 0.0351. The molecule has 4 rings (SSSR count). The minimum atomic E-state index is -0.171. The van der Waals surface area contributed by atoms with Gasteiger partial charge < -0.3 is 15.4 Å². The van der Waals surface area contributed by atoms with E-state index in [2.05, 4.69) is 30.5 Å². The first-order chi connectivity index (χ1) is 12.5. The van der Waals surface area contributed by atoms with Crippen LogP contribution in [-0.2, 0) is 4.79 Å². The molecule has 0 radical (unpaired) electrons. The van der Waals surface area contributed by atoms with Crippen molar-refractivity contribution < 1.29 is 9.53 Å². The third-order valence-corrected chi connectivity index (χ3v) is 5.17. The fourth-order valence-electron chi connectivity index (χ4n) is 3.94. The molecule has 26 heavy (non-hydrogen) atoms. The monoisotopic (exact) mass is 348 g/mol. The average Bonchev–Trinajstić information content (AvgIpc) is 2.77. The van der Waals surface area contributed by atoms with Crippen LogP contribution in [0.3, 0.4) is 0 Å². The number of Topliss-reactive ketones (excluding diaryl/α,β-unsaturated/α-hetero) is 1. The Bertz CT molecular complexity index is 881. The van der Waals surface area contributed by atoms with Crippen molar-refractivity contribution in [1.82, 2.24) is 0 Å². The number of carbonyl (C=O) groups is 1. The second-order valence-electron chi connectivity index (χ2n) is 7.85. The summed E-state index contributed by atoms with van der Waals surface area (Å²) in [6.45, 7) is 4.31. The van der Waals surface area contributed by atoms with E-state index in [0.717, 1.165) is 40.4 Å². The predicted molar refractivity (Wildman–Crippen MR) is 104 cm³/mol. The molecular weight excluding hydrogens is 324 g/mol. The van der Waals surface area contributed by atoms with Crippen molar-refractivity contribution in [3.05, 3.63) is 65.4 Å². The molecule has 4 nitrogen and oxygen atoms in total. The van der Waals surface area contributed by atoms with Crippen LogP contribution >= 0.6 is 0 Å². The van der Waals surface area contributed by atoms with Crippen LogP contribution in [-0.4, -0.2) is 12.9 Å². The topological polar surface area (TPSA) is 50.4 Å². The summed E-state index contributed by atoms with van der Waals surface area (Å²) in [5.74, 6) is 1.02. The smallest absolute Gasteiger partial charge is 0.163 e. The molecule has 4 heteroatoms. The van der Waals surface area contributed by atoms with Crippen LogP contribution in [0.1, 0.15) is 38.3 Å². The van der Waals surface area contributed by atoms with Crippen molar-refractivity contribution in [2.75, 3.05) is 17.7 Å². The number of ketones is 1. The van der Waals surface area contributed by atoms with Gasteiger partial charge in [0.1, 0.15) is 5.75 Å². The SMILES string of the molecule is COc1ccc([C@@H]2Nc3ccccc3NC3=C2C(=O)CC(C)(C)C3)cc1. The second kappa shape index (κ2) is 6.20. The first kappa shape index (κ1) is 16.7. The predicted octanol–water partition coefficient (Wildman–Crippen LogP) is 4.92. The quantitative estimate of drug-likeness (QED) is 0.809. The third-order valence-electron chi connectivity index (χ3n) is 5.17. The van der Waals surface area contributed by atoms with Gasteiger partial charge in [-0.1, -0.05) is 38.1 Å². The number of benzene rings is 2. The molecule has 0 unspecified atom stereocenters. The van der Waals surface area contributed by atoms with Gasteiger partial charge in [0.2, 0.25) is 0 Å². The number of ether oxygens (including phenoxy) is 1. The lowest BCUT2D eigenvalue weighted by atomic mass is 9.73. The first-order valence-corrected chi connectivity index (χ1v) is 9.00. The lowest BCUT2D eigenvalue weighted by molar-refractivity contribution is -0.118. The van der Waals surface area contributed by atoms with E-state index in [1.54, 1.807) is 7.11 Å². The van der Waals surface area contributed by atoms with Gasteiger partial charge in [-0.15, -0.1) is 0 Å². The summed E-state index contributed by atoms with van der Waals surface area (Å²) in [4.78, 5) is 13.1. The molecule has 1 atom stereocenters. The van der Waals surface area contributed by atoms with Crippen LogP contribution in [0.2, 0.25) is 0 Å². The number of carbonyl (C=O) groups excluding carboxylic acids is 1. The zero-order chi connectivity index (χ0) is 18.3. The van der Waals surface area contributed by atoms with Crippen LogP contribution in [0.25, 0.3) is 0 Å². The summed E-state index contributed by atoms with van der Waals surface area (Å²) in [6, 6.07) is 15.9. The summed E-state index contributed by atoms with van der Waals surface area (Å²) >= 11 is 0. The van der Waals surface area contributed by atoms with Gasteiger partial charge in [-0.25, -0.2) is 0 Å². The number of rotatable bonds is 2. The van der Waals surface area contributed by atoms with Gasteiger partial charge >= 0.3 is 0 Å². The van der Waals surface area contributed by atoms with Gasteiger partial charge in [-0.3, -0.25) is 4.79 Å². The van der Waals surface area contributed by atoms with Crippen LogP contribution in [0.4, 0.5) is 11.4 Å². The van der Waals surface area contributed by atoms with E-state index in [9.17, 15) is 4.79 Å². The summed E-state index contributed by atoms with van der Waals surface area (Å²) in [5.41, 5.74) is 4.93. The van der Waals surface area contributed by atoms with Crippen molar-refractivity contribution in [2.45, 2.75) is 32.7 Å². The molecule has 2 aromatic carbocycles. The molecule has 2 aliphatic rings. The Morgan fingerprint density at radius 2 is 1.69 bits per heavy atom. The van der Waals surface area contributed by atoms with E-state index in [0.29, 0.717) is 6.42 Å². The van der Waals surface area contributed by atoms with E-state index in [1.165, 1.54) is 0 Å². The second-order valence-corrected chi connectivity index (χ2v) is 7.85. The van der Waals surface area contributed by atoms with Gasteiger partial charge in [0.05, 0.1) is 24.5 Å². The standard InChI is InChI=1S/C22H24N2O2/c1-22(2)12-18-20(19(25)13-22)21(14-8-10-15(26-3)11-9-14)24-17-7-5-4-6-16(17)23-18/h4-11,21,23-24H,12-13H2,1-3H3/t21-/m0/s1. The molecule has 2 N–H and O–H groups in total. The molecule has 1 heterocycles. The number of fused-ring (bicyclic) bond motifs is 1. The van der Waals surface area contributed by atoms with E-state index in [-0.39, 0.29) is 17.2 Å². The van der Waals surface area contributed by atoms with Crippen molar-refractivity contribution in [3.8, 4) is 5.75 Å². The summed E-state index contributed by atoms with van der Waals surface area (Å²) < 4.78 is 5.28. The van der Waals surface area contributed by atoms with E-state index >= 15 is 0 Å². The first-order valence-electron chi connectivity index (χ1n) is 9.00. The maximum atomic E-state index is 13.1. The van der Waals surface area contributed by atoms with E-state index in [1.807, 2.05) is 42.5 Å². The molecule has 0 spiro atoms. The summed E-state index contributed by atoms with van der Waals surface area (Å²) in [7, 11) is 1.66. The van der Waals surface area contributed by atoms with Crippen molar-refractivity contribution in [3.63, 3.8) is 0 Å². The average molecular weight is 348 g/mol. The highest BCUT2D eigenvalue weighted by Gasteiger charge is 2.38. The van der Waals surface area contributed by atoms with E-state index in [4.69, 9.17) is 4.74 Å². The maximum Gasteiger partial charge on any atom is 0.163 e. The van der Waals surface area contributed by atoms with Crippen LogP contribution in [0, 0.1) is 5.41 Å². The minimum Gasteiger partial charge on any atom is -0.497 e. The normalized spacial score (nSPS) is 21.0. The molecule has 0 amide bonds. The Morgan fingerprint density at radius 3 is 2.38 bits per heavy atom. The highest BCUT2D eigenvalue weighted by atomic mass is 16.5. The molecule has 0 fully saturated rings. The van der Waals surface area contributed by atoms with Crippen molar-refractivity contribution >= 4 is 17.2 Å². The van der Waals surface area contributed by atoms with Gasteiger partial charge in [-0.05, 0) is 41.7 Å². The van der Waals surface area contributed by atoms with Gasteiger partial charge in [0.15, 0.2) is 5.78 Å².